The minimum Gasteiger partial charge on any atom is -0.309 e. The van der Waals surface area contributed by atoms with Crippen molar-refractivity contribution in [2.75, 3.05) is 5.75 Å². The Labute approximate surface area is 87.1 Å². The van der Waals surface area contributed by atoms with Crippen molar-refractivity contribution in [2.45, 2.75) is 57.9 Å². The summed E-state index contributed by atoms with van der Waals surface area (Å²) in [5, 5.41) is 3.74. The highest BCUT2D eigenvalue weighted by Gasteiger charge is 2.39. The van der Waals surface area contributed by atoms with Crippen LogP contribution in [0.5, 0.6) is 0 Å². The Bertz CT molecular complexity index is 167. The summed E-state index contributed by atoms with van der Waals surface area (Å²) in [5.74, 6) is 2.08. The van der Waals surface area contributed by atoms with E-state index in [0.717, 1.165) is 12.0 Å². The van der Waals surface area contributed by atoms with Crippen LogP contribution >= 0.6 is 11.8 Å². The van der Waals surface area contributed by atoms with Crippen molar-refractivity contribution >= 4 is 11.8 Å². The predicted molar refractivity (Wildman–Crippen MR) is 62.4 cm³/mol. The quantitative estimate of drug-likeness (QED) is 0.750. The van der Waals surface area contributed by atoms with Gasteiger partial charge in [-0.15, -0.1) is 0 Å². The minimum absolute atomic E-state index is 0.460. The number of thioether (sulfide) groups is 1. The summed E-state index contributed by atoms with van der Waals surface area (Å²) in [6.07, 6.45) is 1.27. The van der Waals surface area contributed by atoms with E-state index in [2.05, 4.69) is 51.7 Å². The van der Waals surface area contributed by atoms with E-state index < -0.39 is 0 Å². The van der Waals surface area contributed by atoms with Crippen molar-refractivity contribution in [3.8, 4) is 0 Å². The molecule has 1 aliphatic heterocycles. The van der Waals surface area contributed by atoms with Gasteiger partial charge < -0.3 is 5.32 Å². The van der Waals surface area contributed by atoms with E-state index in [1.807, 2.05) is 0 Å². The van der Waals surface area contributed by atoms with E-state index >= 15 is 0 Å². The van der Waals surface area contributed by atoms with Crippen molar-refractivity contribution in [3.63, 3.8) is 0 Å². The molecule has 0 bridgehead atoms. The molecule has 0 amide bonds. The van der Waals surface area contributed by atoms with Crippen LogP contribution in [-0.4, -0.2) is 22.6 Å². The van der Waals surface area contributed by atoms with Gasteiger partial charge in [0.15, 0.2) is 0 Å². The van der Waals surface area contributed by atoms with Crippen LogP contribution in [0.1, 0.15) is 41.0 Å². The van der Waals surface area contributed by atoms with Crippen LogP contribution in [0.15, 0.2) is 0 Å². The van der Waals surface area contributed by atoms with E-state index in [-0.39, 0.29) is 0 Å². The second kappa shape index (κ2) is 4.22. The number of hydrogen-bond donors (Lipinski definition) is 1. The summed E-state index contributed by atoms with van der Waals surface area (Å²) in [6.45, 7) is 11.6. The van der Waals surface area contributed by atoms with Gasteiger partial charge in [0.1, 0.15) is 0 Å². The van der Waals surface area contributed by atoms with E-state index in [1.165, 1.54) is 12.2 Å². The van der Waals surface area contributed by atoms with Crippen molar-refractivity contribution in [2.24, 2.45) is 5.92 Å². The summed E-state index contributed by atoms with van der Waals surface area (Å²) in [7, 11) is 0. The first-order chi connectivity index (χ1) is 5.97. The van der Waals surface area contributed by atoms with E-state index in [4.69, 9.17) is 0 Å². The van der Waals surface area contributed by atoms with Crippen LogP contribution in [0, 0.1) is 5.92 Å². The maximum atomic E-state index is 3.74. The second-order valence-corrected chi connectivity index (χ2v) is 6.48. The zero-order chi connectivity index (χ0) is 10.1. The molecule has 1 heterocycles. The van der Waals surface area contributed by atoms with Gasteiger partial charge in [-0.3, -0.25) is 0 Å². The molecule has 3 atom stereocenters. The largest absolute Gasteiger partial charge is 0.309 e. The van der Waals surface area contributed by atoms with Crippen LogP contribution in [-0.2, 0) is 0 Å². The normalized spacial score (nSPS) is 30.7. The molecule has 2 heteroatoms. The van der Waals surface area contributed by atoms with E-state index in [0.29, 0.717) is 10.8 Å². The minimum atomic E-state index is 0.460. The van der Waals surface area contributed by atoms with Gasteiger partial charge in [0.05, 0.1) is 0 Å². The molecule has 0 aromatic rings. The Morgan fingerprint density at radius 2 is 2.08 bits per heavy atom. The van der Waals surface area contributed by atoms with Crippen molar-refractivity contribution < 1.29 is 0 Å². The van der Waals surface area contributed by atoms with E-state index in [1.54, 1.807) is 0 Å². The molecule has 13 heavy (non-hydrogen) atoms. The topological polar surface area (TPSA) is 12.0 Å². The Morgan fingerprint density at radius 3 is 2.38 bits per heavy atom. The highest BCUT2D eigenvalue weighted by molar-refractivity contribution is 8.02. The lowest BCUT2D eigenvalue weighted by Gasteiger charge is -2.46. The van der Waals surface area contributed by atoms with Gasteiger partial charge in [0, 0.05) is 22.6 Å². The van der Waals surface area contributed by atoms with Crippen molar-refractivity contribution in [1.29, 1.82) is 0 Å². The standard InChI is InChI=1S/C11H23NS/c1-6-8(2)9(3)12-10-7-13-11(10,4)5/h8-10,12H,6-7H2,1-5H3. The third-order valence-corrected chi connectivity index (χ3v) is 4.95. The van der Waals surface area contributed by atoms with Gasteiger partial charge in [-0.25, -0.2) is 0 Å². The zero-order valence-corrected chi connectivity index (χ0v) is 10.4. The molecule has 1 fully saturated rings. The Hall–Kier alpha value is 0.310. The molecule has 78 valence electrons. The molecular formula is C11H23NS. The van der Waals surface area contributed by atoms with Gasteiger partial charge >= 0.3 is 0 Å². The maximum Gasteiger partial charge on any atom is 0.0302 e. The summed E-state index contributed by atoms with van der Waals surface area (Å²) in [4.78, 5) is 0. The lowest BCUT2D eigenvalue weighted by atomic mass is 9.97. The first-order valence-electron chi connectivity index (χ1n) is 5.37. The van der Waals surface area contributed by atoms with Crippen LogP contribution in [0.2, 0.25) is 0 Å². The second-order valence-electron chi connectivity index (χ2n) is 4.81. The number of rotatable bonds is 4. The fraction of sp³-hybridized carbons (Fsp3) is 1.00. The smallest absolute Gasteiger partial charge is 0.0302 e. The molecule has 0 aromatic carbocycles. The highest BCUT2D eigenvalue weighted by atomic mass is 32.2. The lowest BCUT2D eigenvalue weighted by Crippen LogP contribution is -2.57. The molecule has 1 N–H and O–H groups in total. The summed E-state index contributed by atoms with van der Waals surface area (Å²) < 4.78 is 0.460. The average molecular weight is 201 g/mol. The monoisotopic (exact) mass is 201 g/mol. The van der Waals surface area contributed by atoms with Crippen LogP contribution < -0.4 is 5.32 Å². The van der Waals surface area contributed by atoms with Crippen molar-refractivity contribution in [1.82, 2.24) is 5.32 Å². The molecule has 0 aliphatic carbocycles. The first-order valence-corrected chi connectivity index (χ1v) is 6.36. The number of nitrogens with one attached hydrogen (secondary N) is 1. The third kappa shape index (κ3) is 2.63. The molecule has 0 radical (unpaired) electrons. The molecule has 1 rings (SSSR count). The first kappa shape index (κ1) is 11.4. The van der Waals surface area contributed by atoms with E-state index in [9.17, 15) is 0 Å². The summed E-state index contributed by atoms with van der Waals surface area (Å²) in [6, 6.07) is 1.39. The zero-order valence-electron chi connectivity index (χ0n) is 9.55. The van der Waals surface area contributed by atoms with Crippen LogP contribution in [0.25, 0.3) is 0 Å². The fourth-order valence-corrected chi connectivity index (χ4v) is 2.75. The lowest BCUT2D eigenvalue weighted by molar-refractivity contribution is 0.321. The Kier molecular flexibility index (Phi) is 3.70. The van der Waals surface area contributed by atoms with Gasteiger partial charge in [-0.1, -0.05) is 20.3 Å². The molecule has 0 aromatic heterocycles. The average Bonchev–Trinajstić information content (AvgIpc) is 2.10. The van der Waals surface area contributed by atoms with Gasteiger partial charge in [0.25, 0.3) is 0 Å². The molecule has 1 nitrogen and oxygen atoms in total. The molecule has 0 saturated carbocycles. The van der Waals surface area contributed by atoms with Gasteiger partial charge in [-0.2, -0.15) is 11.8 Å². The summed E-state index contributed by atoms with van der Waals surface area (Å²) >= 11 is 2.07. The maximum absolute atomic E-state index is 3.74. The third-order valence-electron chi connectivity index (χ3n) is 3.42. The SMILES string of the molecule is CCC(C)C(C)NC1CSC1(C)C. The van der Waals surface area contributed by atoms with Crippen molar-refractivity contribution in [3.05, 3.63) is 0 Å². The summed E-state index contributed by atoms with van der Waals surface area (Å²) in [5.41, 5.74) is 0. The van der Waals surface area contributed by atoms with Gasteiger partial charge in [-0.05, 0) is 26.7 Å². The predicted octanol–water partition coefficient (Wildman–Crippen LogP) is 2.90. The van der Waals surface area contributed by atoms with Gasteiger partial charge in [0.2, 0.25) is 0 Å². The van der Waals surface area contributed by atoms with Crippen LogP contribution in [0.3, 0.4) is 0 Å². The molecule has 1 aliphatic rings. The highest BCUT2D eigenvalue weighted by Crippen LogP contribution is 2.40. The molecule has 1 saturated heterocycles. The number of hydrogen-bond acceptors (Lipinski definition) is 2. The molecule has 3 unspecified atom stereocenters. The Morgan fingerprint density at radius 1 is 1.46 bits per heavy atom. The molecule has 0 spiro atoms. The van der Waals surface area contributed by atoms with Crippen LogP contribution in [0.4, 0.5) is 0 Å². The fourth-order valence-electron chi connectivity index (χ4n) is 1.58. The Balaban J connectivity index is 2.32. The molecular weight excluding hydrogens is 178 g/mol.